The molecule has 0 aliphatic carbocycles. The van der Waals surface area contributed by atoms with Gasteiger partial charge in [-0.25, -0.2) is 8.78 Å². The highest BCUT2D eigenvalue weighted by atomic mass is 19.3. The average Bonchev–Trinajstić information content (AvgIpc) is 2.36. The number of rotatable bonds is 8. The Bertz CT molecular complexity index is 290. The van der Waals surface area contributed by atoms with Crippen molar-refractivity contribution < 1.29 is 18.3 Å². The summed E-state index contributed by atoms with van der Waals surface area (Å²) in [6.45, 7) is 6.55. The fraction of sp³-hybridized carbons (Fsp3) is 0.929. The van der Waals surface area contributed by atoms with Crippen molar-refractivity contribution >= 4 is 5.97 Å². The summed E-state index contributed by atoms with van der Waals surface area (Å²) >= 11 is 0. The molecule has 0 radical (unpaired) electrons. The van der Waals surface area contributed by atoms with Gasteiger partial charge in [-0.1, -0.05) is 6.92 Å². The van der Waals surface area contributed by atoms with Gasteiger partial charge in [0, 0.05) is 25.6 Å². The molecule has 1 heterocycles. The van der Waals surface area contributed by atoms with Crippen molar-refractivity contribution in [1.82, 2.24) is 10.2 Å². The molecule has 1 N–H and O–H groups in total. The van der Waals surface area contributed by atoms with Crippen molar-refractivity contribution in [2.75, 3.05) is 32.8 Å². The van der Waals surface area contributed by atoms with Gasteiger partial charge in [0.1, 0.15) is 0 Å². The highest BCUT2D eigenvalue weighted by Crippen LogP contribution is 2.21. The first-order valence-electron chi connectivity index (χ1n) is 7.44. The molecule has 0 amide bonds. The van der Waals surface area contributed by atoms with Crippen molar-refractivity contribution in [3.63, 3.8) is 0 Å². The predicted octanol–water partition coefficient (Wildman–Crippen LogP) is 1.89. The van der Waals surface area contributed by atoms with Crippen LogP contribution in [-0.2, 0) is 9.53 Å². The third-order valence-corrected chi connectivity index (χ3v) is 3.47. The van der Waals surface area contributed by atoms with E-state index in [1.165, 1.54) is 0 Å². The standard InChI is InChI=1S/C14H26F2N2O2/c1-3-5-18-9-11(7-14(19)20-4-2)6-12(10-18)17-8-13(15)16/h11-13,17H,3-10H2,1-2H3. The Morgan fingerprint density at radius 2 is 2.15 bits per heavy atom. The second-order valence-electron chi connectivity index (χ2n) is 5.37. The van der Waals surface area contributed by atoms with Crippen LogP contribution in [0.4, 0.5) is 8.78 Å². The van der Waals surface area contributed by atoms with Crippen molar-refractivity contribution in [3.05, 3.63) is 0 Å². The highest BCUT2D eigenvalue weighted by molar-refractivity contribution is 5.69. The first kappa shape index (κ1) is 17.3. The maximum absolute atomic E-state index is 12.3. The number of hydrogen-bond acceptors (Lipinski definition) is 4. The van der Waals surface area contributed by atoms with Crippen LogP contribution in [0.3, 0.4) is 0 Å². The Balaban J connectivity index is 2.48. The Labute approximate surface area is 119 Å². The first-order valence-corrected chi connectivity index (χ1v) is 7.44. The summed E-state index contributed by atoms with van der Waals surface area (Å²) in [4.78, 5) is 13.8. The Kier molecular flexibility index (Phi) is 7.99. The number of nitrogens with one attached hydrogen (secondary N) is 1. The molecule has 4 nitrogen and oxygen atoms in total. The van der Waals surface area contributed by atoms with E-state index in [1.54, 1.807) is 6.92 Å². The molecule has 0 bridgehead atoms. The normalized spacial score (nSPS) is 24.1. The minimum Gasteiger partial charge on any atom is -0.466 e. The van der Waals surface area contributed by atoms with Gasteiger partial charge in [0.15, 0.2) is 0 Å². The third kappa shape index (κ3) is 6.61. The Morgan fingerprint density at radius 1 is 1.40 bits per heavy atom. The zero-order chi connectivity index (χ0) is 15.0. The molecule has 118 valence electrons. The third-order valence-electron chi connectivity index (χ3n) is 3.47. The van der Waals surface area contributed by atoms with Gasteiger partial charge in [-0.3, -0.25) is 4.79 Å². The molecule has 0 aromatic heterocycles. The number of esters is 1. The molecular formula is C14H26F2N2O2. The van der Waals surface area contributed by atoms with E-state index in [0.717, 1.165) is 32.5 Å². The lowest BCUT2D eigenvalue weighted by Gasteiger charge is -2.37. The van der Waals surface area contributed by atoms with Gasteiger partial charge in [-0.15, -0.1) is 0 Å². The van der Waals surface area contributed by atoms with Gasteiger partial charge in [0.25, 0.3) is 6.43 Å². The molecule has 20 heavy (non-hydrogen) atoms. The molecule has 0 spiro atoms. The topological polar surface area (TPSA) is 41.6 Å². The molecule has 1 fully saturated rings. The van der Waals surface area contributed by atoms with Crippen LogP contribution in [0.2, 0.25) is 0 Å². The maximum atomic E-state index is 12.3. The number of alkyl halides is 2. The summed E-state index contributed by atoms with van der Waals surface area (Å²) in [5.41, 5.74) is 0. The van der Waals surface area contributed by atoms with E-state index in [0.29, 0.717) is 13.0 Å². The largest absolute Gasteiger partial charge is 0.466 e. The molecule has 2 unspecified atom stereocenters. The number of likely N-dealkylation sites (tertiary alicyclic amines) is 1. The second kappa shape index (κ2) is 9.23. The monoisotopic (exact) mass is 292 g/mol. The van der Waals surface area contributed by atoms with Gasteiger partial charge in [0.2, 0.25) is 0 Å². The number of halogens is 2. The lowest BCUT2D eigenvalue weighted by Crippen LogP contribution is -2.50. The van der Waals surface area contributed by atoms with Gasteiger partial charge < -0.3 is 15.0 Å². The van der Waals surface area contributed by atoms with Crippen LogP contribution in [0.5, 0.6) is 0 Å². The first-order chi connectivity index (χ1) is 9.55. The summed E-state index contributed by atoms with van der Waals surface area (Å²) in [5, 5.41) is 2.90. The Morgan fingerprint density at radius 3 is 2.75 bits per heavy atom. The van der Waals surface area contributed by atoms with E-state index in [-0.39, 0.29) is 24.5 Å². The average molecular weight is 292 g/mol. The number of carbonyl (C=O) groups excluding carboxylic acids is 1. The van der Waals surface area contributed by atoms with Crippen molar-refractivity contribution in [1.29, 1.82) is 0 Å². The zero-order valence-corrected chi connectivity index (χ0v) is 12.4. The van der Waals surface area contributed by atoms with Crippen LogP contribution in [0.15, 0.2) is 0 Å². The van der Waals surface area contributed by atoms with Crippen LogP contribution in [0.1, 0.15) is 33.1 Å². The molecule has 2 atom stereocenters. The maximum Gasteiger partial charge on any atom is 0.306 e. The van der Waals surface area contributed by atoms with Crippen molar-refractivity contribution in [2.45, 2.75) is 45.6 Å². The fourth-order valence-electron chi connectivity index (χ4n) is 2.81. The summed E-state index contributed by atoms with van der Waals surface area (Å²) in [5.74, 6) is -0.00650. The van der Waals surface area contributed by atoms with E-state index in [9.17, 15) is 13.6 Å². The summed E-state index contributed by atoms with van der Waals surface area (Å²) in [7, 11) is 0. The minimum absolute atomic E-state index is 0.0312. The SMILES string of the molecule is CCCN1CC(CC(=O)OCC)CC(NCC(F)F)C1. The van der Waals surface area contributed by atoms with Crippen LogP contribution < -0.4 is 5.32 Å². The van der Waals surface area contributed by atoms with E-state index >= 15 is 0 Å². The Hall–Kier alpha value is -0.750. The number of piperidine rings is 1. The number of hydrogen-bond donors (Lipinski definition) is 1. The van der Waals surface area contributed by atoms with Gasteiger partial charge in [-0.2, -0.15) is 0 Å². The lowest BCUT2D eigenvalue weighted by atomic mass is 9.91. The van der Waals surface area contributed by atoms with E-state index < -0.39 is 6.43 Å². The lowest BCUT2D eigenvalue weighted by molar-refractivity contribution is -0.144. The summed E-state index contributed by atoms with van der Waals surface area (Å²) < 4.78 is 29.6. The number of ether oxygens (including phenoxy) is 1. The minimum atomic E-state index is -2.33. The van der Waals surface area contributed by atoms with Crippen molar-refractivity contribution in [2.24, 2.45) is 5.92 Å². The molecule has 6 heteroatoms. The molecule has 1 saturated heterocycles. The molecule has 1 rings (SSSR count). The van der Waals surface area contributed by atoms with E-state index in [4.69, 9.17) is 4.74 Å². The van der Waals surface area contributed by atoms with Gasteiger partial charge in [0.05, 0.1) is 13.2 Å². The van der Waals surface area contributed by atoms with Gasteiger partial charge >= 0.3 is 5.97 Å². The number of carbonyl (C=O) groups is 1. The second-order valence-corrected chi connectivity index (χ2v) is 5.37. The predicted molar refractivity (Wildman–Crippen MR) is 73.9 cm³/mol. The highest BCUT2D eigenvalue weighted by Gasteiger charge is 2.28. The van der Waals surface area contributed by atoms with Gasteiger partial charge in [-0.05, 0) is 32.2 Å². The van der Waals surface area contributed by atoms with E-state index in [1.807, 2.05) is 0 Å². The molecule has 0 saturated carbocycles. The van der Waals surface area contributed by atoms with Crippen LogP contribution in [-0.4, -0.2) is 56.1 Å². The van der Waals surface area contributed by atoms with Crippen LogP contribution in [0, 0.1) is 5.92 Å². The van der Waals surface area contributed by atoms with E-state index in [2.05, 4.69) is 17.1 Å². The molecule has 0 aromatic carbocycles. The van der Waals surface area contributed by atoms with Crippen LogP contribution >= 0.6 is 0 Å². The summed E-state index contributed by atoms with van der Waals surface area (Å²) in [6, 6.07) is 0.0312. The summed E-state index contributed by atoms with van der Waals surface area (Å²) in [6.07, 6.45) is -0.180. The molecule has 1 aliphatic heterocycles. The van der Waals surface area contributed by atoms with Crippen LogP contribution in [0.25, 0.3) is 0 Å². The smallest absolute Gasteiger partial charge is 0.306 e. The quantitative estimate of drug-likeness (QED) is 0.694. The zero-order valence-electron chi connectivity index (χ0n) is 12.4. The van der Waals surface area contributed by atoms with Crippen molar-refractivity contribution in [3.8, 4) is 0 Å². The fourth-order valence-corrected chi connectivity index (χ4v) is 2.81. The molecule has 1 aliphatic rings. The molecule has 0 aromatic rings. The number of nitrogens with zero attached hydrogens (tertiary/aromatic N) is 1. The molecular weight excluding hydrogens is 266 g/mol.